The van der Waals surface area contributed by atoms with Gasteiger partial charge in [-0.2, -0.15) is 0 Å². The van der Waals surface area contributed by atoms with E-state index in [0.717, 1.165) is 64.2 Å². The number of carbonyl (C=O) groups excluding carboxylic acids is 1. The standard InChI is InChI=1S/C22H30N6O2/c23-22-24-16-19(20(25-22)17-4-2-1-3-5-17)21(30)28-8-6-18(7-9-28)27-12-10-26(11-13-27)14-15-29/h1-5,16,18,29H,6-15H2,(H2,23,24,25). The number of hydrogen-bond acceptors (Lipinski definition) is 7. The second-order valence-electron chi connectivity index (χ2n) is 7.98. The zero-order valence-electron chi connectivity index (χ0n) is 17.3. The molecule has 0 radical (unpaired) electrons. The Morgan fingerprint density at radius 1 is 1.07 bits per heavy atom. The number of nitrogen functional groups attached to an aromatic ring is 1. The first-order valence-electron chi connectivity index (χ1n) is 10.7. The molecule has 1 aromatic heterocycles. The number of carbonyl (C=O) groups is 1. The van der Waals surface area contributed by atoms with Crippen molar-refractivity contribution in [1.82, 2.24) is 24.7 Å². The van der Waals surface area contributed by atoms with Crippen LogP contribution in [0.15, 0.2) is 36.5 Å². The Morgan fingerprint density at radius 3 is 2.43 bits per heavy atom. The van der Waals surface area contributed by atoms with Gasteiger partial charge >= 0.3 is 0 Å². The molecule has 3 N–H and O–H groups in total. The van der Waals surface area contributed by atoms with Crippen LogP contribution in [0.25, 0.3) is 11.3 Å². The van der Waals surface area contributed by atoms with Crippen LogP contribution < -0.4 is 5.73 Å². The first-order chi connectivity index (χ1) is 14.7. The molecule has 3 heterocycles. The molecule has 2 saturated heterocycles. The Balaban J connectivity index is 1.40. The summed E-state index contributed by atoms with van der Waals surface area (Å²) in [6.07, 6.45) is 3.50. The molecule has 0 atom stereocenters. The van der Waals surface area contributed by atoms with Crippen molar-refractivity contribution in [2.45, 2.75) is 18.9 Å². The summed E-state index contributed by atoms with van der Waals surface area (Å²) in [6.45, 7) is 6.52. The molecule has 0 unspecified atom stereocenters. The molecule has 30 heavy (non-hydrogen) atoms. The Labute approximate surface area is 177 Å². The van der Waals surface area contributed by atoms with Crippen LogP contribution >= 0.6 is 0 Å². The number of nitrogens with zero attached hydrogens (tertiary/aromatic N) is 5. The molecule has 1 amide bonds. The molecule has 2 aliphatic heterocycles. The highest BCUT2D eigenvalue weighted by atomic mass is 16.3. The second-order valence-corrected chi connectivity index (χ2v) is 7.98. The van der Waals surface area contributed by atoms with Gasteiger partial charge in [0, 0.05) is 63.6 Å². The maximum Gasteiger partial charge on any atom is 0.257 e. The van der Waals surface area contributed by atoms with E-state index < -0.39 is 0 Å². The number of benzene rings is 1. The molecule has 0 bridgehead atoms. The summed E-state index contributed by atoms with van der Waals surface area (Å²) in [5.74, 6) is 0.143. The fourth-order valence-corrected chi connectivity index (χ4v) is 4.47. The second kappa shape index (κ2) is 9.51. The normalized spacial score (nSPS) is 19.2. The molecule has 2 aromatic rings. The van der Waals surface area contributed by atoms with Crippen LogP contribution in [0.4, 0.5) is 5.95 Å². The lowest BCUT2D eigenvalue weighted by Gasteiger charge is -2.42. The number of rotatable bonds is 5. The summed E-state index contributed by atoms with van der Waals surface area (Å²) in [5, 5.41) is 9.11. The molecule has 0 spiro atoms. The van der Waals surface area contributed by atoms with Gasteiger partial charge in [0.1, 0.15) is 0 Å². The van der Waals surface area contributed by atoms with E-state index in [4.69, 9.17) is 10.8 Å². The van der Waals surface area contributed by atoms with E-state index in [1.54, 1.807) is 6.20 Å². The van der Waals surface area contributed by atoms with Crippen LogP contribution in [0.5, 0.6) is 0 Å². The molecule has 0 aliphatic carbocycles. The topological polar surface area (TPSA) is 98.8 Å². The van der Waals surface area contributed by atoms with Gasteiger partial charge in [-0.05, 0) is 12.8 Å². The summed E-state index contributed by atoms with van der Waals surface area (Å²) < 4.78 is 0. The molecule has 0 saturated carbocycles. The van der Waals surface area contributed by atoms with Crippen molar-refractivity contribution in [3.8, 4) is 11.3 Å². The third-order valence-electron chi connectivity index (χ3n) is 6.18. The van der Waals surface area contributed by atoms with Gasteiger partial charge in [0.15, 0.2) is 0 Å². The van der Waals surface area contributed by atoms with Gasteiger partial charge in [-0.3, -0.25) is 14.6 Å². The quantitative estimate of drug-likeness (QED) is 0.757. The van der Waals surface area contributed by atoms with Gasteiger partial charge < -0.3 is 15.7 Å². The number of piperazine rings is 1. The van der Waals surface area contributed by atoms with Crippen LogP contribution in [-0.2, 0) is 0 Å². The van der Waals surface area contributed by atoms with E-state index in [-0.39, 0.29) is 18.5 Å². The lowest BCUT2D eigenvalue weighted by atomic mass is 10.0. The summed E-state index contributed by atoms with van der Waals surface area (Å²) in [7, 11) is 0. The first kappa shape index (κ1) is 20.7. The zero-order valence-corrected chi connectivity index (χ0v) is 17.3. The van der Waals surface area contributed by atoms with Gasteiger partial charge in [0.25, 0.3) is 5.91 Å². The molecule has 2 aliphatic rings. The van der Waals surface area contributed by atoms with Crippen LogP contribution in [0, 0.1) is 0 Å². The number of piperidine rings is 1. The zero-order chi connectivity index (χ0) is 20.9. The minimum absolute atomic E-state index is 0.0277. The van der Waals surface area contributed by atoms with Crippen molar-refractivity contribution in [2.75, 3.05) is 58.2 Å². The largest absolute Gasteiger partial charge is 0.395 e. The fourth-order valence-electron chi connectivity index (χ4n) is 4.47. The number of likely N-dealkylation sites (tertiary alicyclic amines) is 1. The highest BCUT2D eigenvalue weighted by Crippen LogP contribution is 2.25. The molecule has 160 valence electrons. The number of nitrogens with two attached hydrogens (primary N) is 1. The Kier molecular flexibility index (Phi) is 6.56. The van der Waals surface area contributed by atoms with Crippen molar-refractivity contribution in [1.29, 1.82) is 0 Å². The molecule has 8 heteroatoms. The van der Waals surface area contributed by atoms with Crippen LogP contribution in [0.2, 0.25) is 0 Å². The fraction of sp³-hybridized carbons (Fsp3) is 0.500. The lowest BCUT2D eigenvalue weighted by molar-refractivity contribution is 0.0451. The lowest BCUT2D eigenvalue weighted by Crippen LogP contribution is -2.54. The molecule has 8 nitrogen and oxygen atoms in total. The number of aromatic nitrogens is 2. The maximum absolute atomic E-state index is 13.3. The SMILES string of the molecule is Nc1ncc(C(=O)N2CCC(N3CCN(CCO)CC3)CC2)c(-c2ccccc2)n1. The minimum atomic E-state index is -0.0277. The average Bonchev–Trinajstić information content (AvgIpc) is 2.80. The Bertz CT molecular complexity index is 846. The van der Waals surface area contributed by atoms with Crippen molar-refractivity contribution >= 4 is 11.9 Å². The molecular weight excluding hydrogens is 380 g/mol. The number of aliphatic hydroxyl groups is 1. The minimum Gasteiger partial charge on any atom is -0.395 e. The van der Waals surface area contributed by atoms with Crippen molar-refractivity contribution < 1.29 is 9.90 Å². The summed E-state index contributed by atoms with van der Waals surface area (Å²) in [5.41, 5.74) is 7.77. The predicted molar refractivity (Wildman–Crippen MR) is 116 cm³/mol. The van der Waals surface area contributed by atoms with E-state index in [1.807, 2.05) is 35.2 Å². The summed E-state index contributed by atoms with van der Waals surface area (Å²) >= 11 is 0. The van der Waals surface area contributed by atoms with E-state index in [2.05, 4.69) is 19.8 Å². The first-order valence-corrected chi connectivity index (χ1v) is 10.7. The third-order valence-corrected chi connectivity index (χ3v) is 6.18. The number of anilines is 1. The molecule has 2 fully saturated rings. The van der Waals surface area contributed by atoms with Gasteiger partial charge in [0.2, 0.25) is 5.95 Å². The van der Waals surface area contributed by atoms with Crippen molar-refractivity contribution in [3.05, 3.63) is 42.1 Å². The third kappa shape index (κ3) is 4.61. The molecule has 4 rings (SSSR count). The average molecular weight is 411 g/mol. The van der Waals surface area contributed by atoms with E-state index in [9.17, 15) is 4.79 Å². The van der Waals surface area contributed by atoms with Crippen LogP contribution in [-0.4, -0.2) is 94.1 Å². The van der Waals surface area contributed by atoms with Crippen LogP contribution in [0.3, 0.4) is 0 Å². The van der Waals surface area contributed by atoms with E-state index in [1.165, 1.54) is 0 Å². The maximum atomic E-state index is 13.3. The van der Waals surface area contributed by atoms with Gasteiger partial charge in [-0.1, -0.05) is 30.3 Å². The number of amides is 1. The summed E-state index contributed by atoms with van der Waals surface area (Å²) in [4.78, 5) is 28.5. The smallest absolute Gasteiger partial charge is 0.257 e. The van der Waals surface area contributed by atoms with E-state index in [0.29, 0.717) is 17.3 Å². The van der Waals surface area contributed by atoms with Gasteiger partial charge in [-0.25, -0.2) is 9.97 Å². The Morgan fingerprint density at radius 2 is 1.77 bits per heavy atom. The van der Waals surface area contributed by atoms with Gasteiger partial charge in [-0.15, -0.1) is 0 Å². The summed E-state index contributed by atoms with van der Waals surface area (Å²) in [6, 6.07) is 10.2. The Hall–Kier alpha value is -2.55. The van der Waals surface area contributed by atoms with Gasteiger partial charge in [0.05, 0.1) is 17.9 Å². The van der Waals surface area contributed by atoms with Crippen molar-refractivity contribution in [2.24, 2.45) is 0 Å². The number of aliphatic hydroxyl groups excluding tert-OH is 1. The molecule has 1 aromatic carbocycles. The van der Waals surface area contributed by atoms with Crippen molar-refractivity contribution in [3.63, 3.8) is 0 Å². The van der Waals surface area contributed by atoms with E-state index >= 15 is 0 Å². The highest BCUT2D eigenvalue weighted by molar-refractivity contribution is 5.99. The number of β-amino-alcohol motifs (C(OH)–C–C–N with tert-alkyl or cyclic N) is 1. The van der Waals surface area contributed by atoms with Crippen LogP contribution in [0.1, 0.15) is 23.2 Å². The predicted octanol–water partition coefficient (Wildman–Crippen LogP) is 0.940. The number of hydrogen-bond donors (Lipinski definition) is 2. The molecular formula is C22H30N6O2. The monoisotopic (exact) mass is 410 g/mol. The highest BCUT2D eigenvalue weighted by Gasteiger charge is 2.30.